The molecule has 1 heterocycles. The number of hydrogen-bond donors (Lipinski definition) is 1. The Morgan fingerprint density at radius 3 is 2.26 bits per heavy atom. The number of hydrogen-bond acceptors (Lipinski definition) is 5. The number of amides is 1. The molecule has 27 heavy (non-hydrogen) atoms. The van der Waals surface area contributed by atoms with Crippen LogP contribution in [0.25, 0.3) is 0 Å². The van der Waals surface area contributed by atoms with Crippen LogP contribution in [0.3, 0.4) is 0 Å². The average Bonchev–Trinajstić information content (AvgIpc) is 2.64. The van der Waals surface area contributed by atoms with E-state index in [0.717, 1.165) is 18.8 Å². The maximum Gasteiger partial charge on any atom is 0.238 e. The molecule has 3 rings (SSSR count). The Balaban J connectivity index is 1.51. The van der Waals surface area contributed by atoms with Crippen LogP contribution < -0.4 is 10.2 Å². The van der Waals surface area contributed by atoms with Gasteiger partial charge in [-0.05, 0) is 36.4 Å². The first-order valence-electron chi connectivity index (χ1n) is 8.65. The average molecular weight is 391 g/mol. The topological polar surface area (TPSA) is 69.7 Å². The number of nitrogens with one attached hydrogen (secondary N) is 1. The maximum absolute atomic E-state index is 13.6. The van der Waals surface area contributed by atoms with Gasteiger partial charge in [0.25, 0.3) is 0 Å². The van der Waals surface area contributed by atoms with Gasteiger partial charge < -0.3 is 10.2 Å². The van der Waals surface area contributed by atoms with Crippen LogP contribution in [-0.2, 0) is 14.6 Å². The zero-order valence-corrected chi connectivity index (χ0v) is 15.9. The molecular formula is C19H22FN3O3S. The van der Waals surface area contributed by atoms with Gasteiger partial charge in [-0.15, -0.1) is 0 Å². The van der Waals surface area contributed by atoms with Gasteiger partial charge in [0.05, 0.1) is 17.1 Å². The van der Waals surface area contributed by atoms with Crippen LogP contribution in [0, 0.1) is 5.82 Å². The number of carbonyl (C=O) groups is 1. The third-order valence-corrected chi connectivity index (χ3v) is 5.65. The fourth-order valence-electron chi connectivity index (χ4n) is 3.02. The van der Waals surface area contributed by atoms with Crippen molar-refractivity contribution in [2.24, 2.45) is 0 Å². The van der Waals surface area contributed by atoms with E-state index in [-0.39, 0.29) is 18.1 Å². The summed E-state index contributed by atoms with van der Waals surface area (Å²) in [6, 6.07) is 12.9. The van der Waals surface area contributed by atoms with Crippen molar-refractivity contribution in [1.29, 1.82) is 0 Å². The van der Waals surface area contributed by atoms with E-state index in [9.17, 15) is 17.6 Å². The largest absolute Gasteiger partial charge is 0.369 e. The van der Waals surface area contributed by atoms with Crippen LogP contribution in [0.4, 0.5) is 15.8 Å². The lowest BCUT2D eigenvalue weighted by molar-refractivity contribution is -0.117. The van der Waals surface area contributed by atoms with Crippen molar-refractivity contribution in [3.05, 3.63) is 54.3 Å². The minimum Gasteiger partial charge on any atom is -0.369 e. The third-order valence-electron chi connectivity index (χ3n) is 4.52. The molecule has 1 amide bonds. The molecule has 2 aromatic carbocycles. The minimum atomic E-state index is -3.20. The predicted octanol–water partition coefficient (Wildman–Crippen LogP) is 1.99. The molecule has 0 unspecified atom stereocenters. The number of benzene rings is 2. The molecule has 0 atom stereocenters. The third kappa shape index (κ3) is 5.05. The second-order valence-electron chi connectivity index (χ2n) is 6.56. The van der Waals surface area contributed by atoms with E-state index < -0.39 is 15.7 Å². The van der Waals surface area contributed by atoms with Gasteiger partial charge in [0, 0.05) is 38.1 Å². The SMILES string of the molecule is CS(=O)(=O)c1ccc(N2CCN(CC(=O)Nc3ccccc3F)CC2)cc1. The zero-order valence-electron chi connectivity index (χ0n) is 15.1. The van der Waals surface area contributed by atoms with Gasteiger partial charge in [-0.25, -0.2) is 12.8 Å². The minimum absolute atomic E-state index is 0.187. The van der Waals surface area contributed by atoms with Gasteiger partial charge in [0.1, 0.15) is 5.82 Å². The first-order chi connectivity index (χ1) is 12.8. The highest BCUT2D eigenvalue weighted by Crippen LogP contribution is 2.19. The van der Waals surface area contributed by atoms with E-state index in [1.807, 2.05) is 4.90 Å². The molecule has 0 spiro atoms. The fraction of sp³-hybridized carbons (Fsp3) is 0.316. The van der Waals surface area contributed by atoms with Crippen LogP contribution in [0.2, 0.25) is 0 Å². The first kappa shape index (κ1) is 19.3. The molecule has 1 N–H and O–H groups in total. The highest BCUT2D eigenvalue weighted by atomic mass is 32.2. The zero-order chi connectivity index (χ0) is 19.4. The van der Waals surface area contributed by atoms with E-state index in [4.69, 9.17) is 0 Å². The molecule has 1 saturated heterocycles. The molecule has 0 aliphatic carbocycles. The quantitative estimate of drug-likeness (QED) is 0.844. The van der Waals surface area contributed by atoms with Crippen LogP contribution in [0.15, 0.2) is 53.4 Å². The molecule has 0 aromatic heterocycles. The molecule has 0 bridgehead atoms. The summed E-state index contributed by atoms with van der Waals surface area (Å²) < 4.78 is 36.7. The van der Waals surface area contributed by atoms with Gasteiger partial charge in [-0.3, -0.25) is 9.69 Å². The Bertz CT molecular complexity index is 908. The molecule has 1 aliphatic rings. The molecule has 0 radical (unpaired) electrons. The van der Waals surface area contributed by atoms with E-state index in [1.165, 1.54) is 18.4 Å². The van der Waals surface area contributed by atoms with Crippen molar-refractivity contribution >= 4 is 27.1 Å². The van der Waals surface area contributed by atoms with Crippen molar-refractivity contribution in [3.63, 3.8) is 0 Å². The standard InChI is InChI=1S/C19H22FN3O3S/c1-27(25,26)16-8-6-15(7-9-16)23-12-10-22(11-13-23)14-19(24)21-18-5-3-2-4-17(18)20/h2-9H,10-14H2,1H3,(H,21,24). The molecule has 8 heteroatoms. The lowest BCUT2D eigenvalue weighted by Gasteiger charge is -2.35. The number of sulfone groups is 1. The maximum atomic E-state index is 13.6. The lowest BCUT2D eigenvalue weighted by Crippen LogP contribution is -2.48. The highest BCUT2D eigenvalue weighted by Gasteiger charge is 2.20. The van der Waals surface area contributed by atoms with E-state index in [0.29, 0.717) is 18.0 Å². The number of nitrogens with zero attached hydrogens (tertiary/aromatic N) is 2. The highest BCUT2D eigenvalue weighted by molar-refractivity contribution is 7.90. The van der Waals surface area contributed by atoms with Crippen molar-refractivity contribution in [2.75, 3.05) is 49.2 Å². The predicted molar refractivity (Wildman–Crippen MR) is 103 cm³/mol. The number of carbonyl (C=O) groups excluding carboxylic acids is 1. The number of halogens is 1. The Morgan fingerprint density at radius 1 is 1.04 bits per heavy atom. The Morgan fingerprint density at radius 2 is 1.67 bits per heavy atom. The molecule has 1 aliphatic heterocycles. The lowest BCUT2D eigenvalue weighted by atomic mass is 10.2. The Kier molecular flexibility index (Phi) is 5.76. The Hall–Kier alpha value is -2.45. The summed E-state index contributed by atoms with van der Waals surface area (Å²) in [5.74, 6) is -0.695. The van der Waals surface area contributed by atoms with Gasteiger partial charge in [-0.2, -0.15) is 0 Å². The van der Waals surface area contributed by atoms with Crippen molar-refractivity contribution in [2.45, 2.75) is 4.90 Å². The molecule has 2 aromatic rings. The summed E-state index contributed by atoms with van der Waals surface area (Å²) >= 11 is 0. The number of para-hydroxylation sites is 1. The van der Waals surface area contributed by atoms with Crippen molar-refractivity contribution in [3.8, 4) is 0 Å². The van der Waals surface area contributed by atoms with Crippen LogP contribution in [0.1, 0.15) is 0 Å². The molecule has 6 nitrogen and oxygen atoms in total. The number of piperazine rings is 1. The summed E-state index contributed by atoms with van der Waals surface area (Å²) in [5.41, 5.74) is 1.14. The van der Waals surface area contributed by atoms with E-state index >= 15 is 0 Å². The number of anilines is 2. The second kappa shape index (κ2) is 8.06. The van der Waals surface area contributed by atoms with Gasteiger partial charge in [-0.1, -0.05) is 12.1 Å². The Labute approximate surface area is 158 Å². The van der Waals surface area contributed by atoms with E-state index in [1.54, 1.807) is 36.4 Å². The summed E-state index contributed by atoms with van der Waals surface area (Å²) in [6.45, 7) is 3.04. The first-order valence-corrected chi connectivity index (χ1v) is 10.5. The fourth-order valence-corrected chi connectivity index (χ4v) is 3.65. The molecule has 0 saturated carbocycles. The van der Waals surface area contributed by atoms with Gasteiger partial charge >= 0.3 is 0 Å². The summed E-state index contributed by atoms with van der Waals surface area (Å²) in [7, 11) is -3.20. The van der Waals surface area contributed by atoms with E-state index in [2.05, 4.69) is 10.2 Å². The van der Waals surface area contributed by atoms with Crippen molar-refractivity contribution < 1.29 is 17.6 Å². The monoisotopic (exact) mass is 391 g/mol. The summed E-state index contributed by atoms with van der Waals surface area (Å²) in [4.78, 5) is 16.6. The van der Waals surface area contributed by atoms with Crippen molar-refractivity contribution in [1.82, 2.24) is 4.90 Å². The van der Waals surface area contributed by atoms with Crippen LogP contribution >= 0.6 is 0 Å². The summed E-state index contributed by atoms with van der Waals surface area (Å²) in [6.07, 6.45) is 1.19. The molecule has 144 valence electrons. The second-order valence-corrected chi connectivity index (χ2v) is 8.57. The van der Waals surface area contributed by atoms with Crippen LogP contribution in [-0.4, -0.2) is 58.2 Å². The summed E-state index contributed by atoms with van der Waals surface area (Å²) in [5, 5.41) is 2.59. The molecule has 1 fully saturated rings. The van der Waals surface area contributed by atoms with Crippen LogP contribution in [0.5, 0.6) is 0 Å². The number of rotatable bonds is 5. The molecular weight excluding hydrogens is 369 g/mol. The van der Waals surface area contributed by atoms with Gasteiger partial charge in [0.15, 0.2) is 9.84 Å². The normalized spacial score (nSPS) is 15.6. The van der Waals surface area contributed by atoms with Gasteiger partial charge in [0.2, 0.25) is 5.91 Å². The smallest absolute Gasteiger partial charge is 0.238 e.